The molecule has 1 unspecified atom stereocenters. The highest BCUT2D eigenvalue weighted by Gasteiger charge is 2.37. The van der Waals surface area contributed by atoms with E-state index in [1.807, 2.05) is 18.2 Å². The molecule has 3 aromatic carbocycles. The summed E-state index contributed by atoms with van der Waals surface area (Å²) in [5.41, 5.74) is 12.7. The molecule has 5 heterocycles. The first-order valence-electron chi connectivity index (χ1n) is 20.4. The van der Waals surface area contributed by atoms with E-state index in [-0.39, 0.29) is 42.3 Å². The van der Waals surface area contributed by atoms with E-state index >= 15 is 0 Å². The summed E-state index contributed by atoms with van der Waals surface area (Å²) in [6.45, 7) is 4.22. The number of nitrogens with two attached hydrogens (primary N) is 1. The number of dihydropyridines is 1. The van der Waals surface area contributed by atoms with Gasteiger partial charge in [0.1, 0.15) is 12.4 Å². The van der Waals surface area contributed by atoms with E-state index in [2.05, 4.69) is 83.5 Å². The molecular formula is C47H55N3O6. The first-order chi connectivity index (χ1) is 27.3. The number of aliphatic hydroxyl groups is 2. The van der Waals surface area contributed by atoms with Gasteiger partial charge in [-0.1, -0.05) is 61.2 Å². The second-order valence-electron chi connectivity index (χ2n) is 16.2. The highest BCUT2D eigenvalue weighted by atomic mass is 16.5. The molecule has 0 radical (unpaired) electrons. The van der Waals surface area contributed by atoms with Crippen LogP contribution in [0.4, 0.5) is 0 Å². The number of nitrogens with zero attached hydrogens (tertiary/aromatic N) is 1. The second-order valence-corrected chi connectivity index (χ2v) is 16.2. The Morgan fingerprint density at radius 2 is 1.82 bits per heavy atom. The quantitative estimate of drug-likeness (QED) is 0.139. The number of hydrogen-bond acceptors (Lipinski definition) is 8. The van der Waals surface area contributed by atoms with Crippen molar-refractivity contribution >= 4 is 16.6 Å². The number of ether oxygens (including phenoxy) is 3. The van der Waals surface area contributed by atoms with Crippen LogP contribution in [0.15, 0.2) is 90.3 Å². The zero-order valence-corrected chi connectivity index (χ0v) is 32.4. The highest BCUT2D eigenvalue weighted by Crippen LogP contribution is 2.44. The molecule has 5 atom stereocenters. The van der Waals surface area contributed by atoms with E-state index in [0.29, 0.717) is 44.8 Å². The summed E-state index contributed by atoms with van der Waals surface area (Å²) < 4.78 is 21.4. The SMILES string of the molecule is C[C@H]1C#CC2=CC(N)NC3=C2CO[C@@H](CC[C@@H]1CCCO)C[C@H](O)CCc1ccc(O)c(c1)OCc1cc(C2(c4ccccc4)CCOCC2)cc2cn3cc12. The van der Waals surface area contributed by atoms with Gasteiger partial charge in [-0.3, -0.25) is 0 Å². The van der Waals surface area contributed by atoms with Gasteiger partial charge >= 0.3 is 0 Å². The minimum Gasteiger partial charge on any atom is -0.504 e. The number of phenolic OH excluding ortho intramolecular Hbond substituents is 1. The van der Waals surface area contributed by atoms with Gasteiger partial charge in [-0.05, 0) is 110 Å². The van der Waals surface area contributed by atoms with Gasteiger partial charge in [0.25, 0.3) is 0 Å². The van der Waals surface area contributed by atoms with Crippen molar-refractivity contribution in [3.8, 4) is 23.3 Å². The molecule has 1 fully saturated rings. The van der Waals surface area contributed by atoms with E-state index < -0.39 is 12.3 Å². The molecule has 4 aromatic rings. The van der Waals surface area contributed by atoms with Crippen LogP contribution in [0.5, 0.6) is 11.5 Å². The molecule has 0 aliphatic carbocycles. The Morgan fingerprint density at radius 3 is 2.64 bits per heavy atom. The number of benzene rings is 3. The zero-order chi connectivity index (χ0) is 38.6. The molecule has 0 saturated carbocycles. The number of nitrogens with one attached hydrogen (secondary N) is 1. The molecule has 1 aromatic heterocycles. The van der Waals surface area contributed by atoms with Gasteiger partial charge in [0, 0.05) is 65.5 Å². The molecule has 1 saturated heterocycles. The van der Waals surface area contributed by atoms with Crippen LogP contribution in [0.25, 0.3) is 16.6 Å². The van der Waals surface area contributed by atoms with E-state index in [0.717, 1.165) is 77.4 Å². The van der Waals surface area contributed by atoms with Gasteiger partial charge in [-0.2, -0.15) is 0 Å². The van der Waals surface area contributed by atoms with Crippen LogP contribution in [0, 0.1) is 23.7 Å². The molecule has 0 amide bonds. The van der Waals surface area contributed by atoms with Gasteiger partial charge in [0.05, 0.1) is 25.0 Å². The molecule has 9 heteroatoms. The van der Waals surface area contributed by atoms with Gasteiger partial charge in [-0.15, -0.1) is 0 Å². The van der Waals surface area contributed by atoms with Gasteiger partial charge < -0.3 is 45.1 Å². The smallest absolute Gasteiger partial charge is 0.161 e. The lowest BCUT2D eigenvalue weighted by Gasteiger charge is -2.39. The fraction of sp³-hybridized carbons (Fsp3) is 0.447. The Labute approximate surface area is 330 Å². The number of aryl methyl sites for hydroxylation is 1. The molecule has 4 aliphatic rings. The van der Waals surface area contributed by atoms with Crippen LogP contribution in [0.2, 0.25) is 0 Å². The van der Waals surface area contributed by atoms with Crippen molar-refractivity contribution in [2.45, 2.75) is 95.1 Å². The third-order valence-electron chi connectivity index (χ3n) is 12.5. The average molecular weight is 758 g/mol. The summed E-state index contributed by atoms with van der Waals surface area (Å²) in [4.78, 5) is 0. The zero-order valence-electron chi connectivity index (χ0n) is 32.4. The van der Waals surface area contributed by atoms with Crippen LogP contribution in [-0.4, -0.2) is 64.7 Å². The minimum atomic E-state index is -0.585. The van der Waals surface area contributed by atoms with E-state index in [1.54, 1.807) is 6.07 Å². The maximum atomic E-state index is 11.4. The number of aromatic hydroxyl groups is 1. The summed E-state index contributed by atoms with van der Waals surface area (Å²) >= 11 is 0. The predicted molar refractivity (Wildman–Crippen MR) is 219 cm³/mol. The Hall–Kier alpha value is -4.56. The van der Waals surface area contributed by atoms with Crippen molar-refractivity contribution in [2.75, 3.05) is 26.4 Å². The van der Waals surface area contributed by atoms with Crippen molar-refractivity contribution in [2.24, 2.45) is 17.6 Å². The molecule has 4 aliphatic heterocycles. The number of fused-ring (bicyclic) bond motifs is 6. The lowest BCUT2D eigenvalue weighted by Crippen LogP contribution is -2.40. The summed E-state index contributed by atoms with van der Waals surface area (Å²) in [5.74, 6) is 8.78. The van der Waals surface area contributed by atoms with Gasteiger partial charge in [-0.25, -0.2) is 0 Å². The lowest BCUT2D eigenvalue weighted by molar-refractivity contribution is 0.0139. The maximum Gasteiger partial charge on any atom is 0.161 e. The number of aliphatic hydroxyl groups excluding tert-OH is 2. The molecule has 6 bridgehead atoms. The monoisotopic (exact) mass is 757 g/mol. The Morgan fingerprint density at radius 1 is 0.982 bits per heavy atom. The van der Waals surface area contributed by atoms with Crippen molar-refractivity contribution in [3.63, 3.8) is 0 Å². The normalized spacial score (nSPS) is 25.5. The van der Waals surface area contributed by atoms with Crippen LogP contribution >= 0.6 is 0 Å². The first-order valence-corrected chi connectivity index (χ1v) is 20.4. The van der Waals surface area contributed by atoms with Crippen LogP contribution in [-0.2, 0) is 27.9 Å². The van der Waals surface area contributed by atoms with E-state index in [1.165, 1.54) is 11.1 Å². The lowest BCUT2D eigenvalue weighted by atomic mass is 9.68. The Bertz CT molecular complexity index is 2140. The number of rotatable bonds is 5. The summed E-state index contributed by atoms with van der Waals surface area (Å²) in [5, 5.41) is 37.7. The molecule has 9 nitrogen and oxygen atoms in total. The number of aromatic nitrogens is 1. The minimum absolute atomic E-state index is 0.0819. The fourth-order valence-corrected chi connectivity index (χ4v) is 9.18. The van der Waals surface area contributed by atoms with Crippen molar-refractivity contribution < 1.29 is 29.5 Å². The molecule has 0 spiro atoms. The predicted octanol–water partition coefficient (Wildman–Crippen LogP) is 6.91. The molecule has 8 rings (SSSR count). The number of hydrogen-bond donors (Lipinski definition) is 5. The van der Waals surface area contributed by atoms with Crippen molar-refractivity contribution in [1.29, 1.82) is 0 Å². The summed E-state index contributed by atoms with van der Waals surface area (Å²) in [6, 6.07) is 20.8. The number of phenols is 1. The van der Waals surface area contributed by atoms with Crippen molar-refractivity contribution in [1.82, 2.24) is 9.88 Å². The highest BCUT2D eigenvalue weighted by molar-refractivity contribution is 5.88. The van der Waals surface area contributed by atoms with E-state index in [9.17, 15) is 15.3 Å². The summed E-state index contributed by atoms with van der Waals surface area (Å²) in [7, 11) is 0. The second kappa shape index (κ2) is 16.9. The first kappa shape index (κ1) is 38.3. The standard InChI is InChI=1S/C47H55N3O6/c1-31-9-12-34-25-45(48)49-46-42(34)30-55-40(15-13-33(31)6-5-19-51)26-39(52)14-10-32-11-16-43(53)44(22-32)56-29-36-24-38(23-35-27-50(46)28-41(35)36)47(17-20-54-21-18-47)37-7-3-2-4-8-37/h2-4,7-8,11,16,22-25,27-28,31,33,39-40,45,49,51-53H,5-6,10,13-15,17-21,26,29-30,48H2,1H3/t31-,33-,39+,40-,45?/m0/s1. The van der Waals surface area contributed by atoms with Crippen LogP contribution < -0.4 is 15.8 Å². The largest absolute Gasteiger partial charge is 0.504 e. The molecule has 294 valence electrons. The third-order valence-corrected chi connectivity index (χ3v) is 12.5. The summed E-state index contributed by atoms with van der Waals surface area (Å²) in [6.07, 6.45) is 11.7. The Balaban J connectivity index is 1.30. The molecular weight excluding hydrogens is 703 g/mol. The van der Waals surface area contributed by atoms with Gasteiger partial charge in [0.15, 0.2) is 11.5 Å². The van der Waals surface area contributed by atoms with Gasteiger partial charge in [0.2, 0.25) is 0 Å². The molecule has 56 heavy (non-hydrogen) atoms. The van der Waals surface area contributed by atoms with Crippen LogP contribution in [0.3, 0.4) is 0 Å². The fourth-order valence-electron chi connectivity index (χ4n) is 9.18. The topological polar surface area (TPSA) is 131 Å². The molecule has 6 N–H and O–H groups in total. The Kier molecular flexibility index (Phi) is 11.6. The van der Waals surface area contributed by atoms with Crippen LogP contribution in [0.1, 0.15) is 80.5 Å². The van der Waals surface area contributed by atoms with E-state index in [4.69, 9.17) is 19.9 Å². The van der Waals surface area contributed by atoms with Crippen molar-refractivity contribution in [3.05, 3.63) is 113 Å². The third kappa shape index (κ3) is 8.13. The average Bonchev–Trinajstić information content (AvgIpc) is 3.65. The maximum absolute atomic E-state index is 11.4.